The van der Waals surface area contributed by atoms with Gasteiger partial charge in [-0.05, 0) is 91.0 Å². The van der Waals surface area contributed by atoms with E-state index < -0.39 is 78.6 Å². The third-order valence-electron chi connectivity index (χ3n) is 8.97. The zero-order chi connectivity index (χ0) is 34.4. The van der Waals surface area contributed by atoms with Gasteiger partial charge >= 0.3 is 19.5 Å². The minimum Gasteiger partial charge on any atom is -0.508 e. The third-order valence-corrected chi connectivity index (χ3v) is 9.30. The fourth-order valence-electron chi connectivity index (χ4n) is 6.99. The van der Waals surface area contributed by atoms with Crippen LogP contribution in [0.25, 0.3) is 6.08 Å². The molecule has 0 bridgehead atoms. The van der Waals surface area contributed by atoms with Gasteiger partial charge in [-0.15, -0.1) is 0 Å². The van der Waals surface area contributed by atoms with Crippen molar-refractivity contribution >= 4 is 42.3 Å². The third kappa shape index (κ3) is 7.11. The van der Waals surface area contributed by atoms with E-state index in [1.165, 1.54) is 12.1 Å². The number of rotatable bonds is 8. The molecule has 4 atom stereocenters. The van der Waals surface area contributed by atoms with Crippen LogP contribution in [0, 0.1) is 17.8 Å². The molecule has 2 fully saturated rings. The maximum Gasteiger partial charge on any atom is 0.455 e. The lowest BCUT2D eigenvalue weighted by molar-refractivity contribution is -0.143. The predicted octanol–water partition coefficient (Wildman–Crippen LogP) is 7.04. The van der Waals surface area contributed by atoms with Gasteiger partial charge in [0.2, 0.25) is 11.8 Å². The molecule has 2 aliphatic heterocycles. The lowest BCUT2D eigenvalue weighted by atomic mass is 9.58. The van der Waals surface area contributed by atoms with Crippen LogP contribution in [0.3, 0.4) is 0 Å². The van der Waals surface area contributed by atoms with E-state index in [0.717, 1.165) is 12.0 Å². The molecule has 7 nitrogen and oxygen atoms in total. The van der Waals surface area contributed by atoms with Crippen molar-refractivity contribution in [2.45, 2.75) is 63.8 Å². The molecule has 0 aromatic heterocycles. The van der Waals surface area contributed by atoms with Gasteiger partial charge in [-0.25, -0.2) is 4.90 Å². The molecular formula is C32H31BClF6NO6. The van der Waals surface area contributed by atoms with Crippen LogP contribution in [-0.4, -0.2) is 46.9 Å². The van der Waals surface area contributed by atoms with E-state index in [9.17, 15) is 51.2 Å². The van der Waals surface area contributed by atoms with Crippen molar-refractivity contribution in [2.75, 3.05) is 11.5 Å². The Bertz CT molecular complexity index is 1590. The highest BCUT2D eigenvalue weighted by Crippen LogP contribution is 2.52. The second kappa shape index (κ2) is 13.3. The fourth-order valence-corrected chi connectivity index (χ4v) is 7.22. The molecule has 0 radical (unpaired) electrons. The number of carbonyl (C=O) groups excluding carboxylic acids is 2. The van der Waals surface area contributed by atoms with Gasteiger partial charge in [-0.1, -0.05) is 36.6 Å². The molecule has 47 heavy (non-hydrogen) atoms. The van der Waals surface area contributed by atoms with Crippen molar-refractivity contribution in [3.05, 3.63) is 74.8 Å². The first kappa shape index (κ1) is 35.0. The Labute approximate surface area is 271 Å². The standard InChI is InChI=1S/C32H31BClF6NO6/c1-2-3-16(8-17-5-6-22(43)13-25(17)34)4-7-26-27-18(15-42)9-23-28(24(27)14-33(46)47-26)30(45)41(29(23)44)21-11-19(31(35,36)37)10-20(12-21)32(38,39)40/h5-6,8,10-13,23-24,26,28,42-43,46H,2-4,7,9,14-15H2,1H3/b16-8+/t23-,24+,26-,28-/m1/s1. The number of imide groups is 1. The summed E-state index contributed by atoms with van der Waals surface area (Å²) < 4.78 is 87.5. The molecule has 2 saturated heterocycles. The summed E-state index contributed by atoms with van der Waals surface area (Å²) in [6, 6.07) is 5.16. The topological polar surface area (TPSA) is 107 Å². The number of benzene rings is 2. The monoisotopic (exact) mass is 685 g/mol. The first-order valence-corrected chi connectivity index (χ1v) is 15.4. The van der Waals surface area contributed by atoms with Crippen molar-refractivity contribution in [1.82, 2.24) is 0 Å². The molecule has 1 aliphatic carbocycles. The van der Waals surface area contributed by atoms with Crippen LogP contribution >= 0.6 is 11.6 Å². The highest BCUT2D eigenvalue weighted by Gasteiger charge is 2.58. The molecule has 2 heterocycles. The molecule has 2 amide bonds. The number of amides is 2. The molecule has 3 N–H and O–H groups in total. The largest absolute Gasteiger partial charge is 0.508 e. The summed E-state index contributed by atoms with van der Waals surface area (Å²) in [4.78, 5) is 27.8. The number of aliphatic hydroxyl groups excluding tert-OH is 1. The number of fused-ring (bicyclic) bond motifs is 3. The van der Waals surface area contributed by atoms with Crippen molar-refractivity contribution in [3.8, 4) is 5.75 Å². The summed E-state index contributed by atoms with van der Waals surface area (Å²) in [5.74, 6) is -5.17. The summed E-state index contributed by atoms with van der Waals surface area (Å²) in [5, 5.41) is 31.1. The zero-order valence-corrected chi connectivity index (χ0v) is 25.8. The molecule has 0 saturated carbocycles. The van der Waals surface area contributed by atoms with Gasteiger partial charge in [0.15, 0.2) is 0 Å². The van der Waals surface area contributed by atoms with Gasteiger partial charge in [0.25, 0.3) is 0 Å². The van der Waals surface area contributed by atoms with Crippen LogP contribution in [0.2, 0.25) is 11.3 Å². The van der Waals surface area contributed by atoms with Crippen LogP contribution in [0.1, 0.15) is 55.7 Å². The summed E-state index contributed by atoms with van der Waals surface area (Å²) in [6.45, 7) is 1.45. The van der Waals surface area contributed by atoms with Crippen molar-refractivity contribution in [2.24, 2.45) is 17.8 Å². The van der Waals surface area contributed by atoms with E-state index in [0.29, 0.717) is 58.0 Å². The number of hydrogen-bond acceptors (Lipinski definition) is 6. The smallest absolute Gasteiger partial charge is 0.455 e. The first-order chi connectivity index (χ1) is 22.0. The van der Waals surface area contributed by atoms with E-state index in [1.807, 2.05) is 13.0 Å². The quantitative estimate of drug-likeness (QED) is 0.119. The normalized spacial score (nSPS) is 23.8. The number of allylic oxidation sites excluding steroid dienone is 1. The Morgan fingerprint density at radius 3 is 2.26 bits per heavy atom. The number of carbonyl (C=O) groups is 2. The Balaban J connectivity index is 1.47. The van der Waals surface area contributed by atoms with Crippen molar-refractivity contribution in [3.63, 3.8) is 0 Å². The Morgan fingerprint density at radius 1 is 1.02 bits per heavy atom. The predicted molar refractivity (Wildman–Crippen MR) is 161 cm³/mol. The summed E-state index contributed by atoms with van der Waals surface area (Å²) in [5.41, 5.74) is -1.68. The number of alkyl halides is 6. The zero-order valence-electron chi connectivity index (χ0n) is 25.0. The van der Waals surface area contributed by atoms with E-state index in [-0.39, 0.29) is 24.6 Å². The molecule has 0 spiro atoms. The number of anilines is 1. The van der Waals surface area contributed by atoms with Gasteiger partial charge in [0.1, 0.15) is 5.75 Å². The summed E-state index contributed by atoms with van der Waals surface area (Å²) in [7, 11) is -1.39. The highest BCUT2D eigenvalue weighted by atomic mass is 35.5. The molecule has 2 aromatic rings. The van der Waals surface area contributed by atoms with E-state index in [1.54, 1.807) is 6.07 Å². The lowest BCUT2D eigenvalue weighted by Crippen LogP contribution is -2.46. The molecule has 3 aliphatic rings. The second-order valence-electron chi connectivity index (χ2n) is 12.0. The number of phenols is 1. The molecule has 5 rings (SSSR count). The van der Waals surface area contributed by atoms with E-state index in [2.05, 4.69) is 0 Å². The summed E-state index contributed by atoms with van der Waals surface area (Å²) >= 11 is 6.29. The molecule has 2 aromatic carbocycles. The van der Waals surface area contributed by atoms with E-state index >= 15 is 0 Å². The second-order valence-corrected chi connectivity index (χ2v) is 12.5. The number of phenolic OH excluding ortho intramolecular Hbond substituents is 1. The van der Waals surface area contributed by atoms with Crippen LogP contribution in [0.15, 0.2) is 53.1 Å². The Hall–Kier alpha value is -3.33. The minimum absolute atomic E-state index is 0.00579. The van der Waals surface area contributed by atoms with Gasteiger partial charge in [0, 0.05) is 0 Å². The number of hydrogen-bond donors (Lipinski definition) is 3. The SMILES string of the molecule is CCC/C(=C\c1ccc(O)cc1Cl)CC[C@H]1OB(O)C[C@H]2C1=C(CO)C[C@H]1C(=O)N(c3cc(C(F)(F)F)cc(C(F)(F)F)c3)C(=O)[C@H]12. The fraction of sp³-hybridized carbons (Fsp3) is 0.438. The van der Waals surface area contributed by atoms with E-state index in [4.69, 9.17) is 16.3 Å². The van der Waals surface area contributed by atoms with Gasteiger partial charge < -0.3 is 19.9 Å². The Kier molecular flexibility index (Phi) is 9.90. The number of halogens is 7. The molecule has 15 heteroatoms. The van der Waals surface area contributed by atoms with Crippen LogP contribution in [0.5, 0.6) is 5.75 Å². The van der Waals surface area contributed by atoms with Gasteiger partial charge in [-0.2, -0.15) is 26.3 Å². The number of aromatic hydroxyl groups is 1. The Morgan fingerprint density at radius 2 is 1.68 bits per heavy atom. The van der Waals surface area contributed by atoms with Gasteiger partial charge in [0.05, 0.1) is 46.4 Å². The number of aliphatic hydroxyl groups is 1. The first-order valence-electron chi connectivity index (χ1n) is 15.0. The van der Waals surface area contributed by atoms with Crippen molar-refractivity contribution in [1.29, 1.82) is 0 Å². The molecular weight excluding hydrogens is 655 g/mol. The lowest BCUT2D eigenvalue weighted by Gasteiger charge is -2.43. The van der Waals surface area contributed by atoms with Crippen LogP contribution in [-0.2, 0) is 26.6 Å². The molecule has 0 unspecified atom stereocenters. The highest BCUT2D eigenvalue weighted by molar-refractivity contribution is 6.43. The average Bonchev–Trinajstić information content (AvgIpc) is 3.24. The maximum atomic E-state index is 13.8. The number of nitrogens with zero attached hydrogens (tertiary/aromatic N) is 1. The van der Waals surface area contributed by atoms with Crippen molar-refractivity contribution < 1.29 is 55.8 Å². The van der Waals surface area contributed by atoms with Crippen LogP contribution < -0.4 is 4.90 Å². The average molecular weight is 686 g/mol. The van der Waals surface area contributed by atoms with Gasteiger partial charge in [-0.3, -0.25) is 9.59 Å². The molecule has 252 valence electrons. The summed E-state index contributed by atoms with van der Waals surface area (Å²) in [6.07, 6.45) is -7.44. The minimum atomic E-state index is -5.19. The van der Waals surface area contributed by atoms with Crippen LogP contribution in [0.4, 0.5) is 32.0 Å². The maximum absolute atomic E-state index is 13.8.